The predicted molar refractivity (Wildman–Crippen MR) is 73.2 cm³/mol. The summed E-state index contributed by atoms with van der Waals surface area (Å²) in [4.78, 5) is 0. The molecular formula is C12H25N3O7. The van der Waals surface area contributed by atoms with E-state index < -0.39 is 67.6 Å². The molecule has 11 N–H and O–H groups in total. The second-order valence-corrected chi connectivity index (χ2v) is 5.93. The Hall–Kier alpha value is -0.400. The second-order valence-electron chi connectivity index (χ2n) is 5.93. The average Bonchev–Trinajstić information content (AvgIpc) is 2.49. The van der Waals surface area contributed by atoms with Gasteiger partial charge in [0.2, 0.25) is 0 Å². The Kier molecular flexibility index (Phi) is 5.72. The van der Waals surface area contributed by atoms with Crippen LogP contribution < -0.4 is 17.2 Å². The van der Waals surface area contributed by atoms with Gasteiger partial charge < -0.3 is 52.2 Å². The fraction of sp³-hybridized carbons (Fsp3) is 1.00. The summed E-state index contributed by atoms with van der Waals surface area (Å²) < 4.78 is 10.8. The van der Waals surface area contributed by atoms with Gasteiger partial charge in [-0.25, -0.2) is 0 Å². The first-order chi connectivity index (χ1) is 10.3. The standard InChI is InChI=1S/C12H25N3O7/c13-3-1-4(14)11(10(20)7(3)17)22-12-6(15)9(19)8(18)5(2-16)21-12/h3-12,16-20H,1-2,13-15H2/t3-,4?,5?,6?,7?,8+,9-,10-,11+,12+/m1/s1. The fourth-order valence-corrected chi connectivity index (χ4v) is 2.85. The summed E-state index contributed by atoms with van der Waals surface area (Å²) in [5, 5.41) is 48.6. The van der Waals surface area contributed by atoms with Crippen LogP contribution in [0.5, 0.6) is 0 Å². The molecule has 2 aliphatic rings. The van der Waals surface area contributed by atoms with Crippen molar-refractivity contribution in [2.24, 2.45) is 17.2 Å². The Morgan fingerprint density at radius 1 is 0.909 bits per heavy atom. The van der Waals surface area contributed by atoms with Gasteiger partial charge in [0.1, 0.15) is 30.5 Å². The molecule has 130 valence electrons. The molecule has 4 unspecified atom stereocenters. The van der Waals surface area contributed by atoms with Gasteiger partial charge >= 0.3 is 0 Å². The number of aliphatic hydroxyl groups is 5. The van der Waals surface area contributed by atoms with Crippen molar-refractivity contribution >= 4 is 0 Å². The molecule has 10 heteroatoms. The van der Waals surface area contributed by atoms with Crippen LogP contribution in [0.15, 0.2) is 0 Å². The van der Waals surface area contributed by atoms with E-state index in [0.717, 1.165) is 0 Å². The average molecular weight is 323 g/mol. The first-order valence-corrected chi connectivity index (χ1v) is 7.18. The summed E-state index contributed by atoms with van der Waals surface area (Å²) in [7, 11) is 0. The summed E-state index contributed by atoms with van der Waals surface area (Å²) >= 11 is 0. The maximum absolute atomic E-state index is 10.0. The highest BCUT2D eigenvalue weighted by Crippen LogP contribution is 2.27. The number of aliphatic hydroxyl groups excluding tert-OH is 5. The van der Waals surface area contributed by atoms with E-state index in [0.29, 0.717) is 0 Å². The van der Waals surface area contributed by atoms with Crippen molar-refractivity contribution in [3.8, 4) is 0 Å². The molecule has 10 nitrogen and oxygen atoms in total. The third-order valence-corrected chi connectivity index (χ3v) is 4.31. The van der Waals surface area contributed by atoms with Crippen LogP contribution in [0.3, 0.4) is 0 Å². The number of hydrogen-bond donors (Lipinski definition) is 8. The number of rotatable bonds is 3. The lowest BCUT2D eigenvalue weighted by molar-refractivity contribution is -0.293. The molecule has 0 radical (unpaired) electrons. The van der Waals surface area contributed by atoms with Crippen molar-refractivity contribution in [1.82, 2.24) is 0 Å². The minimum atomic E-state index is -1.37. The van der Waals surface area contributed by atoms with Gasteiger partial charge in [-0.2, -0.15) is 0 Å². The van der Waals surface area contributed by atoms with Crippen LogP contribution in [0.1, 0.15) is 6.42 Å². The molecule has 1 heterocycles. The monoisotopic (exact) mass is 323 g/mol. The molecule has 1 saturated carbocycles. The lowest BCUT2D eigenvalue weighted by Crippen LogP contribution is -2.67. The lowest BCUT2D eigenvalue weighted by atomic mass is 9.84. The SMILES string of the molecule is NC1[C@H](O[C@H]2C(N)C[C@@H](N)C(O)[C@H]2O)OC(CO)[C@H](O)[C@@H]1O. The van der Waals surface area contributed by atoms with Gasteiger partial charge in [0.25, 0.3) is 0 Å². The van der Waals surface area contributed by atoms with Crippen LogP contribution in [0, 0.1) is 0 Å². The number of nitrogens with two attached hydrogens (primary N) is 3. The molecule has 0 amide bonds. The quantitative estimate of drug-likeness (QED) is 0.248. The fourth-order valence-electron chi connectivity index (χ4n) is 2.85. The first kappa shape index (κ1) is 17.9. The van der Waals surface area contributed by atoms with Crippen molar-refractivity contribution in [3.05, 3.63) is 0 Å². The molecule has 0 aromatic heterocycles. The Morgan fingerprint density at radius 3 is 2.14 bits per heavy atom. The van der Waals surface area contributed by atoms with E-state index >= 15 is 0 Å². The first-order valence-electron chi connectivity index (χ1n) is 7.18. The van der Waals surface area contributed by atoms with E-state index in [2.05, 4.69) is 0 Å². The van der Waals surface area contributed by atoms with Gasteiger partial charge in [-0.05, 0) is 6.42 Å². The van der Waals surface area contributed by atoms with Gasteiger partial charge in [-0.3, -0.25) is 0 Å². The van der Waals surface area contributed by atoms with E-state index in [1.807, 2.05) is 0 Å². The summed E-state index contributed by atoms with van der Waals surface area (Å²) in [5.41, 5.74) is 17.3. The molecule has 0 bridgehead atoms. The highest BCUT2D eigenvalue weighted by Gasteiger charge is 2.47. The zero-order chi connectivity index (χ0) is 16.6. The molecular weight excluding hydrogens is 298 g/mol. The van der Waals surface area contributed by atoms with Crippen molar-refractivity contribution in [3.63, 3.8) is 0 Å². The predicted octanol–water partition coefficient (Wildman–Crippen LogP) is -5.08. The molecule has 2 rings (SSSR count). The maximum atomic E-state index is 10.0. The van der Waals surface area contributed by atoms with Crippen molar-refractivity contribution < 1.29 is 35.0 Å². The van der Waals surface area contributed by atoms with Crippen LogP contribution in [-0.2, 0) is 9.47 Å². The van der Waals surface area contributed by atoms with Crippen LogP contribution >= 0.6 is 0 Å². The van der Waals surface area contributed by atoms with E-state index in [1.165, 1.54) is 0 Å². The lowest BCUT2D eigenvalue weighted by Gasteiger charge is -2.45. The van der Waals surface area contributed by atoms with Crippen molar-refractivity contribution in [2.45, 2.75) is 67.5 Å². The third-order valence-electron chi connectivity index (χ3n) is 4.31. The van der Waals surface area contributed by atoms with Gasteiger partial charge in [0.05, 0.1) is 18.8 Å². The molecule has 1 aliphatic heterocycles. The minimum absolute atomic E-state index is 0.222. The second kappa shape index (κ2) is 7.01. The Bertz CT molecular complexity index is 375. The Morgan fingerprint density at radius 2 is 1.55 bits per heavy atom. The van der Waals surface area contributed by atoms with Crippen LogP contribution in [0.25, 0.3) is 0 Å². The largest absolute Gasteiger partial charge is 0.394 e. The van der Waals surface area contributed by atoms with Crippen LogP contribution in [-0.4, -0.2) is 93.2 Å². The van der Waals surface area contributed by atoms with E-state index in [-0.39, 0.29) is 6.42 Å². The molecule has 0 aromatic rings. The molecule has 1 saturated heterocycles. The Labute approximate surface area is 127 Å². The summed E-state index contributed by atoms with van der Waals surface area (Å²) in [6.07, 6.45) is -8.36. The zero-order valence-corrected chi connectivity index (χ0v) is 12.0. The summed E-state index contributed by atoms with van der Waals surface area (Å²) in [6.45, 7) is -0.544. The van der Waals surface area contributed by atoms with Gasteiger partial charge in [0, 0.05) is 12.1 Å². The normalized spacial score (nSPS) is 53.5. The summed E-state index contributed by atoms with van der Waals surface area (Å²) in [5.74, 6) is 0. The highest BCUT2D eigenvalue weighted by molar-refractivity contribution is 4.99. The molecule has 0 spiro atoms. The van der Waals surface area contributed by atoms with Gasteiger partial charge in [-0.15, -0.1) is 0 Å². The highest BCUT2D eigenvalue weighted by atomic mass is 16.7. The zero-order valence-electron chi connectivity index (χ0n) is 12.0. The molecule has 1 aliphatic carbocycles. The minimum Gasteiger partial charge on any atom is -0.394 e. The Balaban J connectivity index is 2.08. The molecule has 2 fully saturated rings. The van der Waals surface area contributed by atoms with E-state index in [4.69, 9.17) is 31.8 Å². The van der Waals surface area contributed by atoms with Gasteiger partial charge in [-0.1, -0.05) is 0 Å². The third kappa shape index (κ3) is 3.26. The van der Waals surface area contributed by atoms with Crippen molar-refractivity contribution in [2.75, 3.05) is 6.61 Å². The van der Waals surface area contributed by atoms with Crippen LogP contribution in [0.2, 0.25) is 0 Å². The topological polar surface area (TPSA) is 198 Å². The summed E-state index contributed by atoms with van der Waals surface area (Å²) in [6, 6.07) is -2.45. The molecule has 22 heavy (non-hydrogen) atoms. The number of ether oxygens (including phenoxy) is 2. The number of hydrogen-bond acceptors (Lipinski definition) is 10. The van der Waals surface area contributed by atoms with Crippen LogP contribution in [0.4, 0.5) is 0 Å². The molecule has 0 aromatic carbocycles. The maximum Gasteiger partial charge on any atom is 0.176 e. The van der Waals surface area contributed by atoms with E-state index in [9.17, 15) is 20.4 Å². The van der Waals surface area contributed by atoms with Crippen molar-refractivity contribution in [1.29, 1.82) is 0 Å². The molecule has 10 atom stereocenters. The smallest absolute Gasteiger partial charge is 0.176 e. The van der Waals surface area contributed by atoms with Gasteiger partial charge in [0.15, 0.2) is 6.29 Å². The van der Waals surface area contributed by atoms with E-state index in [1.54, 1.807) is 0 Å².